The molecule has 0 bridgehead atoms. The molecule has 1 heterocycles. The van der Waals surface area contributed by atoms with Crippen LogP contribution < -0.4 is 15.8 Å². The highest BCUT2D eigenvalue weighted by Gasteiger charge is 2.36. The fourth-order valence-corrected chi connectivity index (χ4v) is 3.90. The molecule has 0 saturated carbocycles. The molecule has 3 amide bonds. The van der Waals surface area contributed by atoms with Crippen molar-refractivity contribution in [2.45, 2.75) is 6.42 Å². The molecule has 1 fully saturated rings. The Morgan fingerprint density at radius 1 is 0.970 bits per heavy atom. The van der Waals surface area contributed by atoms with Crippen LogP contribution in [0.3, 0.4) is 0 Å². The number of fused-ring (bicyclic) bond motifs is 1. The number of amides is 3. The minimum Gasteiger partial charge on any atom is -0.455 e. The molecule has 0 aliphatic carbocycles. The number of nitrogens with zero attached hydrogens (tertiary/aromatic N) is 1. The van der Waals surface area contributed by atoms with E-state index in [1.165, 1.54) is 0 Å². The van der Waals surface area contributed by atoms with Crippen LogP contribution in [0, 0.1) is 5.92 Å². The van der Waals surface area contributed by atoms with Gasteiger partial charge in [0.05, 0.1) is 11.6 Å². The van der Waals surface area contributed by atoms with Gasteiger partial charge < -0.3 is 9.64 Å². The highest BCUT2D eigenvalue weighted by molar-refractivity contribution is 9.10. The highest BCUT2D eigenvalue weighted by atomic mass is 79.9. The zero-order chi connectivity index (χ0) is 23.4. The number of ether oxygens (including phenoxy) is 1. The Bertz CT molecular complexity index is 1220. The lowest BCUT2D eigenvalue weighted by Gasteiger charge is -2.18. The van der Waals surface area contributed by atoms with Gasteiger partial charge >= 0.3 is 5.97 Å². The fraction of sp³-hybridized carbons (Fsp3) is 0.167. The Labute approximate surface area is 198 Å². The molecule has 0 unspecified atom stereocenters. The van der Waals surface area contributed by atoms with Crippen molar-refractivity contribution in [1.82, 2.24) is 10.9 Å². The molecule has 33 heavy (non-hydrogen) atoms. The summed E-state index contributed by atoms with van der Waals surface area (Å²) in [7, 11) is 0. The topological polar surface area (TPSA) is 105 Å². The lowest BCUT2D eigenvalue weighted by Crippen LogP contribution is -2.43. The van der Waals surface area contributed by atoms with Crippen molar-refractivity contribution in [3.63, 3.8) is 0 Å². The molecule has 3 aromatic rings. The standard InChI is InChI=1S/C24H20BrN3O5/c25-18-10-8-16(9-11-18)23(31)27-26-21(29)14-33-24(32)17-12-22(30)28(13-17)20-7-3-5-15-4-1-2-6-19(15)20/h1-11,17H,12-14H2,(H,26,29)(H,27,31)/t17-/m1/s1. The number of rotatable bonds is 5. The SMILES string of the molecule is O=C(COC(=O)[C@@H]1CC(=O)N(c2cccc3ccccc23)C1)NNC(=O)c1ccc(Br)cc1. The zero-order valence-electron chi connectivity index (χ0n) is 17.4. The van der Waals surface area contributed by atoms with Crippen molar-refractivity contribution in [3.05, 3.63) is 76.8 Å². The molecule has 9 heteroatoms. The Morgan fingerprint density at radius 3 is 2.48 bits per heavy atom. The van der Waals surface area contributed by atoms with E-state index in [1.54, 1.807) is 29.2 Å². The minimum absolute atomic E-state index is 0.00394. The molecule has 0 aromatic heterocycles. The van der Waals surface area contributed by atoms with Crippen molar-refractivity contribution in [1.29, 1.82) is 0 Å². The van der Waals surface area contributed by atoms with E-state index in [2.05, 4.69) is 26.8 Å². The summed E-state index contributed by atoms with van der Waals surface area (Å²) in [4.78, 5) is 50.6. The van der Waals surface area contributed by atoms with Crippen molar-refractivity contribution in [3.8, 4) is 0 Å². The fourth-order valence-electron chi connectivity index (χ4n) is 3.63. The maximum absolute atomic E-state index is 12.6. The normalized spacial score (nSPS) is 15.4. The van der Waals surface area contributed by atoms with E-state index in [0.717, 1.165) is 20.9 Å². The van der Waals surface area contributed by atoms with Gasteiger partial charge in [-0.3, -0.25) is 30.0 Å². The number of esters is 1. The van der Waals surface area contributed by atoms with Gasteiger partial charge in [-0.25, -0.2) is 0 Å². The van der Waals surface area contributed by atoms with Gasteiger partial charge in [-0.05, 0) is 35.7 Å². The van der Waals surface area contributed by atoms with Crippen LogP contribution in [0.5, 0.6) is 0 Å². The first-order valence-corrected chi connectivity index (χ1v) is 11.0. The largest absolute Gasteiger partial charge is 0.455 e. The van der Waals surface area contributed by atoms with Gasteiger partial charge in [0.25, 0.3) is 11.8 Å². The number of hydrazine groups is 1. The molecule has 2 N–H and O–H groups in total. The molecule has 8 nitrogen and oxygen atoms in total. The molecular weight excluding hydrogens is 490 g/mol. The summed E-state index contributed by atoms with van der Waals surface area (Å²) in [6.07, 6.45) is 0.00394. The van der Waals surface area contributed by atoms with Crippen molar-refractivity contribution in [2.75, 3.05) is 18.1 Å². The molecule has 1 atom stereocenters. The molecule has 1 aliphatic rings. The Balaban J connectivity index is 1.29. The lowest BCUT2D eigenvalue weighted by atomic mass is 10.1. The van der Waals surface area contributed by atoms with E-state index in [9.17, 15) is 19.2 Å². The molecular formula is C24H20BrN3O5. The summed E-state index contributed by atoms with van der Waals surface area (Å²) in [6, 6.07) is 19.9. The zero-order valence-corrected chi connectivity index (χ0v) is 19.0. The van der Waals surface area contributed by atoms with E-state index in [-0.39, 0.29) is 18.9 Å². The number of benzene rings is 3. The Morgan fingerprint density at radius 2 is 1.70 bits per heavy atom. The van der Waals surface area contributed by atoms with Crippen LogP contribution in [0.2, 0.25) is 0 Å². The molecule has 1 saturated heterocycles. The first-order valence-electron chi connectivity index (χ1n) is 10.2. The molecule has 168 valence electrons. The Kier molecular flexibility index (Phi) is 6.69. The summed E-state index contributed by atoms with van der Waals surface area (Å²) in [6.45, 7) is -0.397. The average molecular weight is 510 g/mol. The number of carbonyl (C=O) groups is 4. The van der Waals surface area contributed by atoms with Gasteiger partial charge in [0.2, 0.25) is 5.91 Å². The second-order valence-corrected chi connectivity index (χ2v) is 8.44. The predicted molar refractivity (Wildman–Crippen MR) is 125 cm³/mol. The van der Waals surface area contributed by atoms with Crippen LogP contribution in [-0.2, 0) is 19.1 Å². The number of anilines is 1. The van der Waals surface area contributed by atoms with Crippen LogP contribution >= 0.6 is 15.9 Å². The number of carbonyl (C=O) groups excluding carboxylic acids is 4. The molecule has 0 radical (unpaired) electrons. The molecule has 3 aromatic carbocycles. The van der Waals surface area contributed by atoms with Gasteiger partial charge in [-0.1, -0.05) is 52.3 Å². The second-order valence-electron chi connectivity index (χ2n) is 7.52. The van der Waals surface area contributed by atoms with E-state index >= 15 is 0 Å². The first-order chi connectivity index (χ1) is 15.9. The minimum atomic E-state index is -0.691. The van der Waals surface area contributed by atoms with Crippen molar-refractivity contribution >= 4 is 56.1 Å². The van der Waals surface area contributed by atoms with Gasteiger partial charge in [0.1, 0.15) is 0 Å². The summed E-state index contributed by atoms with van der Waals surface area (Å²) >= 11 is 3.28. The van der Waals surface area contributed by atoms with Crippen LogP contribution in [0.1, 0.15) is 16.8 Å². The van der Waals surface area contributed by atoms with Gasteiger partial charge in [-0.15, -0.1) is 0 Å². The molecule has 0 spiro atoms. The smallest absolute Gasteiger partial charge is 0.311 e. The molecule has 1 aliphatic heterocycles. The Hall–Kier alpha value is -3.72. The summed E-state index contributed by atoms with van der Waals surface area (Å²) in [5, 5.41) is 1.92. The maximum atomic E-state index is 12.6. The molecule has 4 rings (SSSR count). The third-order valence-electron chi connectivity index (χ3n) is 5.28. The van der Waals surface area contributed by atoms with Crippen LogP contribution in [0.4, 0.5) is 5.69 Å². The quantitative estimate of drug-likeness (QED) is 0.406. The third-order valence-corrected chi connectivity index (χ3v) is 5.81. The number of halogens is 1. The maximum Gasteiger partial charge on any atom is 0.311 e. The first kappa shape index (κ1) is 22.5. The predicted octanol–water partition coefficient (Wildman–Crippen LogP) is 2.96. The number of nitrogens with one attached hydrogen (secondary N) is 2. The van der Waals surface area contributed by atoms with Gasteiger partial charge in [-0.2, -0.15) is 0 Å². The van der Waals surface area contributed by atoms with Crippen molar-refractivity contribution in [2.24, 2.45) is 5.92 Å². The van der Waals surface area contributed by atoms with Gasteiger partial charge in [0.15, 0.2) is 6.61 Å². The van der Waals surface area contributed by atoms with Gasteiger partial charge in [0, 0.05) is 28.4 Å². The van der Waals surface area contributed by atoms with Crippen molar-refractivity contribution < 1.29 is 23.9 Å². The van der Waals surface area contributed by atoms with Crippen LogP contribution in [-0.4, -0.2) is 36.8 Å². The summed E-state index contributed by atoms with van der Waals surface area (Å²) in [5.74, 6) is -2.69. The van der Waals surface area contributed by atoms with Crippen LogP contribution in [0.15, 0.2) is 71.2 Å². The van der Waals surface area contributed by atoms with E-state index in [1.807, 2.05) is 42.5 Å². The summed E-state index contributed by atoms with van der Waals surface area (Å²) < 4.78 is 5.89. The monoisotopic (exact) mass is 509 g/mol. The van der Waals surface area contributed by atoms with E-state index in [0.29, 0.717) is 5.56 Å². The number of hydrogen-bond acceptors (Lipinski definition) is 5. The van der Waals surface area contributed by atoms with E-state index in [4.69, 9.17) is 4.74 Å². The van der Waals surface area contributed by atoms with Crippen LogP contribution in [0.25, 0.3) is 10.8 Å². The number of hydrogen-bond donors (Lipinski definition) is 2. The lowest BCUT2D eigenvalue weighted by molar-refractivity contribution is -0.152. The summed E-state index contributed by atoms with van der Waals surface area (Å²) in [5.41, 5.74) is 5.55. The second kappa shape index (κ2) is 9.83. The van der Waals surface area contributed by atoms with E-state index < -0.39 is 30.3 Å². The third kappa shape index (κ3) is 5.20. The average Bonchev–Trinajstić information content (AvgIpc) is 3.22. The highest BCUT2D eigenvalue weighted by Crippen LogP contribution is 2.32.